The molecule has 0 bridgehead atoms. The number of aryl methyl sites for hydroxylation is 1. The fraction of sp³-hybridized carbons (Fsp3) is 0.571. The number of fused-ring (bicyclic) bond motifs is 1. The number of nitrogens with one attached hydrogen (secondary N) is 1. The smallest absolute Gasteiger partial charge is 0.227 e. The summed E-state index contributed by atoms with van der Waals surface area (Å²) in [6.07, 6.45) is 6.61. The normalized spacial score (nSPS) is 26.5. The zero-order valence-corrected chi connectivity index (χ0v) is 17.5. The highest BCUT2D eigenvalue weighted by atomic mass is 32.2. The van der Waals surface area contributed by atoms with Gasteiger partial charge in [-0.25, -0.2) is 4.98 Å². The standard InChI is InChI=1S/C21H27N5O2S/c1-26(12-14-11-15(14)16-5-2-3-9-22-16)20-23-17-6-10-29(28)18(17)19(24-20)25-21(13-27)7-4-8-21/h2-3,5,9,14-15,27H,4,6-8,10-13H2,1H3,(H,23,24,25)/t14?,15?,29-/m1/s1. The molecule has 0 aromatic carbocycles. The lowest BCUT2D eigenvalue weighted by Gasteiger charge is -2.41. The summed E-state index contributed by atoms with van der Waals surface area (Å²) in [6, 6.07) is 6.09. The largest absolute Gasteiger partial charge is 0.394 e. The van der Waals surface area contributed by atoms with Crippen molar-refractivity contribution in [3.8, 4) is 0 Å². The number of anilines is 2. The van der Waals surface area contributed by atoms with E-state index in [0.29, 0.717) is 35.8 Å². The van der Waals surface area contributed by atoms with E-state index in [1.807, 2.05) is 25.4 Å². The lowest BCUT2D eigenvalue weighted by atomic mass is 9.77. The van der Waals surface area contributed by atoms with Crippen molar-refractivity contribution in [2.45, 2.75) is 48.5 Å². The van der Waals surface area contributed by atoms with E-state index >= 15 is 0 Å². The maximum atomic E-state index is 12.5. The molecule has 5 rings (SSSR count). The predicted octanol–water partition coefficient (Wildman–Crippen LogP) is 2.10. The van der Waals surface area contributed by atoms with E-state index in [4.69, 9.17) is 9.97 Å². The summed E-state index contributed by atoms with van der Waals surface area (Å²) >= 11 is 0. The molecule has 2 saturated carbocycles. The van der Waals surface area contributed by atoms with E-state index in [1.54, 1.807) is 0 Å². The van der Waals surface area contributed by atoms with E-state index in [9.17, 15) is 9.32 Å². The third-order valence-electron chi connectivity index (χ3n) is 6.51. The number of aliphatic hydroxyl groups is 1. The average molecular weight is 414 g/mol. The number of rotatable bonds is 7. The molecule has 0 saturated heterocycles. The molecular formula is C21H27N5O2S. The summed E-state index contributed by atoms with van der Waals surface area (Å²) in [5.74, 6) is 2.98. The number of aromatic nitrogens is 3. The van der Waals surface area contributed by atoms with Gasteiger partial charge in [-0.15, -0.1) is 0 Å². The number of nitrogens with zero attached hydrogens (tertiary/aromatic N) is 4. The highest BCUT2D eigenvalue weighted by Crippen LogP contribution is 2.47. The van der Waals surface area contributed by atoms with E-state index in [2.05, 4.69) is 21.3 Å². The van der Waals surface area contributed by atoms with Crippen LogP contribution in [0.3, 0.4) is 0 Å². The number of pyridine rings is 1. The zero-order valence-electron chi connectivity index (χ0n) is 16.7. The molecule has 2 aromatic heterocycles. The van der Waals surface area contributed by atoms with Crippen LogP contribution in [0.2, 0.25) is 0 Å². The Bertz CT molecular complexity index is 929. The molecule has 2 fully saturated rings. The molecule has 2 N–H and O–H groups in total. The van der Waals surface area contributed by atoms with Gasteiger partial charge in [-0.3, -0.25) is 9.19 Å². The van der Waals surface area contributed by atoms with Crippen molar-refractivity contribution in [1.82, 2.24) is 15.0 Å². The lowest BCUT2D eigenvalue weighted by molar-refractivity contribution is 0.143. The Balaban J connectivity index is 1.36. The Morgan fingerprint density at radius 3 is 2.90 bits per heavy atom. The molecule has 2 aromatic rings. The molecule has 0 radical (unpaired) electrons. The molecule has 1 aliphatic heterocycles. The van der Waals surface area contributed by atoms with Crippen LogP contribution in [0.25, 0.3) is 0 Å². The van der Waals surface area contributed by atoms with Crippen LogP contribution in [0.5, 0.6) is 0 Å². The lowest BCUT2D eigenvalue weighted by Crippen LogP contribution is -2.48. The van der Waals surface area contributed by atoms with Crippen LogP contribution >= 0.6 is 0 Å². The van der Waals surface area contributed by atoms with Gasteiger partial charge in [-0.05, 0) is 43.7 Å². The Kier molecular flexibility index (Phi) is 4.78. The van der Waals surface area contributed by atoms with Gasteiger partial charge in [-0.2, -0.15) is 4.98 Å². The summed E-state index contributed by atoms with van der Waals surface area (Å²) in [5.41, 5.74) is 1.71. The van der Waals surface area contributed by atoms with Crippen LogP contribution in [0.4, 0.5) is 11.8 Å². The van der Waals surface area contributed by atoms with Gasteiger partial charge in [0.05, 0.1) is 28.6 Å². The van der Waals surface area contributed by atoms with Crippen molar-refractivity contribution in [3.05, 3.63) is 35.8 Å². The van der Waals surface area contributed by atoms with Crippen molar-refractivity contribution < 1.29 is 9.32 Å². The van der Waals surface area contributed by atoms with Crippen molar-refractivity contribution in [2.24, 2.45) is 5.92 Å². The first-order valence-electron chi connectivity index (χ1n) is 10.4. The molecule has 29 heavy (non-hydrogen) atoms. The molecule has 154 valence electrons. The molecule has 0 amide bonds. The zero-order chi connectivity index (χ0) is 20.0. The second-order valence-electron chi connectivity index (χ2n) is 8.60. The minimum atomic E-state index is -1.07. The van der Waals surface area contributed by atoms with Gasteiger partial charge in [0.1, 0.15) is 10.7 Å². The molecule has 2 aliphatic carbocycles. The maximum Gasteiger partial charge on any atom is 0.227 e. The van der Waals surface area contributed by atoms with E-state index < -0.39 is 10.8 Å². The predicted molar refractivity (Wildman–Crippen MR) is 113 cm³/mol. The van der Waals surface area contributed by atoms with Crippen LogP contribution < -0.4 is 10.2 Å². The van der Waals surface area contributed by atoms with Gasteiger partial charge in [0.15, 0.2) is 0 Å². The molecule has 8 heteroatoms. The van der Waals surface area contributed by atoms with Crippen LogP contribution in [0.15, 0.2) is 29.3 Å². The maximum absolute atomic E-state index is 12.5. The SMILES string of the molecule is CN(CC1CC1c1ccccn1)c1nc2c(c(NC3(CO)CCC3)n1)[S@](=O)CC2. The van der Waals surface area contributed by atoms with Crippen LogP contribution in [-0.2, 0) is 17.2 Å². The highest BCUT2D eigenvalue weighted by Gasteiger charge is 2.41. The minimum Gasteiger partial charge on any atom is -0.394 e. The third-order valence-corrected chi connectivity index (χ3v) is 7.97. The van der Waals surface area contributed by atoms with Gasteiger partial charge >= 0.3 is 0 Å². The summed E-state index contributed by atoms with van der Waals surface area (Å²) in [4.78, 5) is 16.8. The number of aliphatic hydroxyl groups excluding tert-OH is 1. The van der Waals surface area contributed by atoms with Gasteiger partial charge < -0.3 is 15.3 Å². The Morgan fingerprint density at radius 1 is 1.34 bits per heavy atom. The van der Waals surface area contributed by atoms with Crippen LogP contribution in [0, 0.1) is 5.92 Å². The van der Waals surface area contributed by atoms with E-state index in [0.717, 1.165) is 48.5 Å². The molecule has 2 unspecified atom stereocenters. The van der Waals surface area contributed by atoms with Gasteiger partial charge in [0.25, 0.3) is 0 Å². The fourth-order valence-corrected chi connectivity index (χ4v) is 5.76. The second-order valence-corrected chi connectivity index (χ2v) is 10.1. The topological polar surface area (TPSA) is 91.2 Å². The first-order chi connectivity index (χ1) is 14.1. The molecule has 3 aliphatic rings. The summed E-state index contributed by atoms with van der Waals surface area (Å²) in [7, 11) is 0.954. The van der Waals surface area contributed by atoms with E-state index in [-0.39, 0.29) is 12.1 Å². The Morgan fingerprint density at radius 2 is 2.21 bits per heavy atom. The first kappa shape index (κ1) is 18.9. The van der Waals surface area contributed by atoms with Crippen molar-refractivity contribution in [2.75, 3.05) is 36.2 Å². The average Bonchev–Trinajstić information content (AvgIpc) is 3.38. The molecule has 0 spiro atoms. The third kappa shape index (κ3) is 3.53. The number of hydrogen-bond acceptors (Lipinski definition) is 7. The summed E-state index contributed by atoms with van der Waals surface area (Å²) in [6.45, 7) is 0.936. The van der Waals surface area contributed by atoms with Crippen LogP contribution in [-0.4, -0.2) is 55.8 Å². The van der Waals surface area contributed by atoms with Crippen molar-refractivity contribution >= 4 is 22.6 Å². The quantitative estimate of drug-likeness (QED) is 0.718. The highest BCUT2D eigenvalue weighted by molar-refractivity contribution is 7.85. The van der Waals surface area contributed by atoms with E-state index in [1.165, 1.54) is 0 Å². The Hall–Kier alpha value is -2.06. The van der Waals surface area contributed by atoms with Gasteiger partial charge in [0.2, 0.25) is 5.95 Å². The fourth-order valence-electron chi connectivity index (χ4n) is 4.46. The monoisotopic (exact) mass is 413 g/mol. The van der Waals surface area contributed by atoms with Crippen molar-refractivity contribution in [1.29, 1.82) is 0 Å². The van der Waals surface area contributed by atoms with Crippen LogP contribution in [0.1, 0.15) is 43.0 Å². The first-order valence-corrected chi connectivity index (χ1v) is 11.7. The molecular weight excluding hydrogens is 386 g/mol. The number of hydrogen-bond donors (Lipinski definition) is 2. The Labute approximate surface area is 173 Å². The summed E-state index contributed by atoms with van der Waals surface area (Å²) < 4.78 is 12.5. The molecule has 7 nitrogen and oxygen atoms in total. The van der Waals surface area contributed by atoms with Crippen molar-refractivity contribution in [3.63, 3.8) is 0 Å². The summed E-state index contributed by atoms with van der Waals surface area (Å²) in [5, 5.41) is 13.3. The minimum absolute atomic E-state index is 0.0669. The molecule has 3 heterocycles. The second kappa shape index (κ2) is 7.32. The molecule has 3 atom stereocenters. The van der Waals surface area contributed by atoms with Gasteiger partial charge in [0, 0.05) is 43.6 Å². The van der Waals surface area contributed by atoms with Gasteiger partial charge in [-0.1, -0.05) is 6.07 Å².